The number of aromatic hydroxyl groups is 1. The summed E-state index contributed by atoms with van der Waals surface area (Å²) in [5.74, 6) is -0.213. The lowest BCUT2D eigenvalue weighted by atomic mass is 10.1. The molecule has 0 spiro atoms. The quantitative estimate of drug-likeness (QED) is 0.646. The summed E-state index contributed by atoms with van der Waals surface area (Å²) in [5, 5.41) is 20.4. The summed E-state index contributed by atoms with van der Waals surface area (Å²) in [4.78, 5) is 12.0. The lowest BCUT2D eigenvalue weighted by Crippen LogP contribution is -2.26. The third-order valence-corrected chi connectivity index (χ3v) is 4.04. The highest BCUT2D eigenvalue weighted by Gasteiger charge is 2.31. The molecule has 0 heterocycles. The molecule has 0 saturated heterocycles. The number of phenols is 1. The Morgan fingerprint density at radius 3 is 2.67 bits per heavy atom. The van der Waals surface area contributed by atoms with Gasteiger partial charge in [-0.15, -0.1) is 0 Å². The molecule has 0 atom stereocenters. The summed E-state index contributed by atoms with van der Waals surface area (Å²) in [6.07, 6.45) is 1.90. The van der Waals surface area contributed by atoms with E-state index >= 15 is 0 Å². The Balaban J connectivity index is 1.90. The number of nitro benzene ring substituents is 1. The van der Waals surface area contributed by atoms with Crippen molar-refractivity contribution < 1.29 is 19.2 Å². The van der Waals surface area contributed by atoms with Crippen molar-refractivity contribution in [2.45, 2.75) is 25.4 Å². The average Bonchev–Trinajstić information content (AvgIpc) is 3.39. The van der Waals surface area contributed by atoms with Crippen molar-refractivity contribution in [3.63, 3.8) is 0 Å². The number of nitro groups is 1. The van der Waals surface area contributed by atoms with Gasteiger partial charge in [0.05, 0.1) is 23.8 Å². The number of anilines is 1. The monoisotopic (exact) mass is 332 g/mol. The van der Waals surface area contributed by atoms with Crippen LogP contribution in [0.4, 0.5) is 15.8 Å². The van der Waals surface area contributed by atoms with Crippen molar-refractivity contribution in [3.8, 4) is 11.5 Å². The minimum Gasteiger partial charge on any atom is -0.504 e. The normalized spacial score (nSPS) is 13.6. The Morgan fingerprint density at radius 2 is 2.08 bits per heavy atom. The lowest BCUT2D eigenvalue weighted by Gasteiger charge is -2.25. The molecule has 0 bridgehead atoms. The topological polar surface area (TPSA) is 75.8 Å². The molecule has 1 saturated carbocycles. The molecular formula is C17H17FN2O4. The van der Waals surface area contributed by atoms with Crippen LogP contribution in [-0.4, -0.2) is 23.2 Å². The third-order valence-electron chi connectivity index (χ3n) is 4.04. The third kappa shape index (κ3) is 3.24. The van der Waals surface area contributed by atoms with Crippen molar-refractivity contribution in [2.75, 3.05) is 12.0 Å². The van der Waals surface area contributed by atoms with Gasteiger partial charge in [-0.25, -0.2) is 4.39 Å². The highest BCUT2D eigenvalue weighted by Crippen LogP contribution is 2.36. The zero-order valence-electron chi connectivity index (χ0n) is 13.1. The van der Waals surface area contributed by atoms with Crippen LogP contribution in [0.15, 0.2) is 36.4 Å². The van der Waals surface area contributed by atoms with Crippen LogP contribution in [0.2, 0.25) is 0 Å². The zero-order valence-corrected chi connectivity index (χ0v) is 13.1. The predicted octanol–water partition coefficient (Wildman–Crippen LogP) is 3.62. The number of phenolic OH excluding ortho intramolecular Hbond substituents is 1. The van der Waals surface area contributed by atoms with E-state index < -0.39 is 10.7 Å². The standard InChI is InChI=1S/C17H17FN2O4/c1-24-17-8-11(2-7-16(17)21)10-19(12-3-4-12)15-6-5-13(20(22)23)9-14(15)18/h2,5-9,12,21H,3-4,10H2,1H3. The van der Waals surface area contributed by atoms with Gasteiger partial charge in [0.2, 0.25) is 0 Å². The Kier molecular flexibility index (Phi) is 4.24. The molecule has 6 nitrogen and oxygen atoms in total. The van der Waals surface area contributed by atoms with E-state index in [1.54, 1.807) is 12.1 Å². The van der Waals surface area contributed by atoms with Gasteiger partial charge in [-0.1, -0.05) is 6.07 Å². The second-order valence-corrected chi connectivity index (χ2v) is 5.76. The molecule has 24 heavy (non-hydrogen) atoms. The Bertz CT molecular complexity index is 777. The molecule has 1 N–H and O–H groups in total. The first-order valence-electron chi connectivity index (χ1n) is 7.56. The van der Waals surface area contributed by atoms with Crippen molar-refractivity contribution in [3.05, 3.63) is 57.9 Å². The van der Waals surface area contributed by atoms with Gasteiger partial charge >= 0.3 is 0 Å². The second kappa shape index (κ2) is 6.35. The fourth-order valence-electron chi connectivity index (χ4n) is 2.66. The van der Waals surface area contributed by atoms with Crippen LogP contribution in [-0.2, 0) is 6.54 Å². The summed E-state index contributed by atoms with van der Waals surface area (Å²) in [6.45, 7) is 0.427. The first-order chi connectivity index (χ1) is 11.5. The van der Waals surface area contributed by atoms with Gasteiger partial charge in [0, 0.05) is 18.7 Å². The summed E-state index contributed by atoms with van der Waals surface area (Å²) in [6, 6.07) is 8.90. The highest BCUT2D eigenvalue weighted by molar-refractivity contribution is 5.55. The Labute approximate surface area is 138 Å². The van der Waals surface area contributed by atoms with Gasteiger partial charge in [-0.05, 0) is 36.6 Å². The summed E-state index contributed by atoms with van der Waals surface area (Å²) >= 11 is 0. The van der Waals surface area contributed by atoms with Gasteiger partial charge in [-0.3, -0.25) is 10.1 Å². The maximum atomic E-state index is 14.4. The Hall–Kier alpha value is -2.83. The second-order valence-electron chi connectivity index (χ2n) is 5.76. The molecule has 0 aromatic heterocycles. The molecule has 2 aromatic carbocycles. The SMILES string of the molecule is COc1cc(CN(c2ccc([N+](=O)[O-])cc2F)C2CC2)ccc1O. The largest absolute Gasteiger partial charge is 0.504 e. The molecule has 126 valence electrons. The predicted molar refractivity (Wildman–Crippen MR) is 86.9 cm³/mol. The number of ether oxygens (including phenoxy) is 1. The van der Waals surface area contributed by atoms with Gasteiger partial charge in [0.1, 0.15) is 0 Å². The number of halogens is 1. The average molecular weight is 332 g/mol. The van der Waals surface area contributed by atoms with E-state index in [-0.39, 0.29) is 17.5 Å². The van der Waals surface area contributed by atoms with Crippen LogP contribution in [0, 0.1) is 15.9 Å². The van der Waals surface area contributed by atoms with Gasteiger partial charge in [0.25, 0.3) is 5.69 Å². The van der Waals surface area contributed by atoms with Crippen molar-refractivity contribution >= 4 is 11.4 Å². The van der Waals surface area contributed by atoms with E-state index in [1.165, 1.54) is 25.3 Å². The molecule has 0 amide bonds. The number of non-ortho nitro benzene ring substituents is 1. The van der Waals surface area contributed by atoms with Crippen LogP contribution in [0.25, 0.3) is 0 Å². The van der Waals surface area contributed by atoms with E-state index in [4.69, 9.17) is 4.74 Å². The fourth-order valence-corrected chi connectivity index (χ4v) is 2.66. The van der Waals surface area contributed by atoms with E-state index in [2.05, 4.69) is 0 Å². The Morgan fingerprint density at radius 1 is 1.33 bits per heavy atom. The number of methoxy groups -OCH3 is 1. The summed E-state index contributed by atoms with van der Waals surface area (Å²) in [7, 11) is 1.47. The van der Waals surface area contributed by atoms with Crippen LogP contribution in [0.5, 0.6) is 11.5 Å². The minimum absolute atomic E-state index is 0.0424. The van der Waals surface area contributed by atoms with Crippen LogP contribution in [0.1, 0.15) is 18.4 Å². The molecule has 7 heteroatoms. The smallest absolute Gasteiger partial charge is 0.272 e. The van der Waals surface area contributed by atoms with Crippen molar-refractivity contribution in [1.82, 2.24) is 0 Å². The number of nitrogens with zero attached hydrogens (tertiary/aromatic N) is 2. The fraction of sp³-hybridized carbons (Fsp3) is 0.294. The summed E-state index contributed by atoms with van der Waals surface area (Å²) < 4.78 is 19.4. The molecular weight excluding hydrogens is 315 g/mol. The van der Waals surface area contributed by atoms with Crippen molar-refractivity contribution in [1.29, 1.82) is 0 Å². The molecule has 0 radical (unpaired) electrons. The molecule has 0 unspecified atom stereocenters. The number of hydrogen-bond acceptors (Lipinski definition) is 5. The van der Waals surface area contributed by atoms with Gasteiger partial charge in [0.15, 0.2) is 17.3 Å². The van der Waals surface area contributed by atoms with E-state index in [0.29, 0.717) is 18.0 Å². The molecule has 0 aliphatic heterocycles. The lowest BCUT2D eigenvalue weighted by molar-refractivity contribution is -0.385. The zero-order chi connectivity index (χ0) is 17.3. The molecule has 1 aliphatic rings. The molecule has 1 fully saturated rings. The molecule has 2 aromatic rings. The van der Waals surface area contributed by atoms with E-state index in [1.807, 2.05) is 4.90 Å². The van der Waals surface area contributed by atoms with E-state index in [0.717, 1.165) is 24.5 Å². The maximum Gasteiger partial charge on any atom is 0.272 e. The summed E-state index contributed by atoms with van der Waals surface area (Å²) in [5.41, 5.74) is 0.933. The van der Waals surface area contributed by atoms with Crippen LogP contribution in [0.3, 0.4) is 0 Å². The van der Waals surface area contributed by atoms with Crippen LogP contribution < -0.4 is 9.64 Å². The number of benzene rings is 2. The van der Waals surface area contributed by atoms with Gasteiger partial charge in [-0.2, -0.15) is 0 Å². The number of hydrogen-bond donors (Lipinski definition) is 1. The molecule has 1 aliphatic carbocycles. The van der Waals surface area contributed by atoms with Crippen molar-refractivity contribution in [2.24, 2.45) is 0 Å². The maximum absolute atomic E-state index is 14.4. The first-order valence-corrected chi connectivity index (χ1v) is 7.56. The highest BCUT2D eigenvalue weighted by atomic mass is 19.1. The minimum atomic E-state index is -0.612. The van der Waals surface area contributed by atoms with Gasteiger partial charge < -0.3 is 14.7 Å². The molecule has 3 rings (SSSR count). The first kappa shape index (κ1) is 16.0. The van der Waals surface area contributed by atoms with E-state index in [9.17, 15) is 19.6 Å². The van der Waals surface area contributed by atoms with Crippen LogP contribution >= 0.6 is 0 Å². The number of rotatable bonds is 6.